The van der Waals surface area contributed by atoms with E-state index in [9.17, 15) is 0 Å². The van der Waals surface area contributed by atoms with Crippen LogP contribution in [-0.4, -0.2) is 21.8 Å². The largest absolute Gasteiger partial charge is 0.313 e. The van der Waals surface area contributed by atoms with Crippen molar-refractivity contribution in [2.24, 2.45) is 7.05 Å². The highest BCUT2D eigenvalue weighted by atomic mass is 15.3. The van der Waals surface area contributed by atoms with Gasteiger partial charge in [0.05, 0.1) is 11.2 Å². The molecule has 1 atom stereocenters. The van der Waals surface area contributed by atoms with Gasteiger partial charge in [0.15, 0.2) is 0 Å². The Morgan fingerprint density at radius 2 is 1.90 bits per heavy atom. The van der Waals surface area contributed by atoms with Gasteiger partial charge < -0.3 is 5.32 Å². The zero-order valence-electron chi connectivity index (χ0n) is 11.7. The Balaban J connectivity index is 1.96. The summed E-state index contributed by atoms with van der Waals surface area (Å²) in [4.78, 5) is 4.08. The third-order valence-corrected chi connectivity index (χ3v) is 3.69. The quantitative estimate of drug-likeness (QED) is 0.789. The number of aromatic nitrogens is 3. The lowest BCUT2D eigenvalue weighted by molar-refractivity contribution is 0.579. The number of aryl methyl sites for hydroxylation is 1. The molecule has 1 N–H and O–H groups in total. The van der Waals surface area contributed by atoms with Gasteiger partial charge in [-0.05, 0) is 30.8 Å². The molecule has 1 aromatic carbocycles. The van der Waals surface area contributed by atoms with E-state index < -0.39 is 0 Å². The van der Waals surface area contributed by atoms with Crippen molar-refractivity contribution in [3.63, 3.8) is 0 Å². The molecule has 0 aliphatic carbocycles. The van der Waals surface area contributed by atoms with Crippen LogP contribution < -0.4 is 5.32 Å². The molecule has 0 aliphatic rings. The molecule has 0 radical (unpaired) electrons. The van der Waals surface area contributed by atoms with Crippen molar-refractivity contribution in [1.82, 2.24) is 20.1 Å². The van der Waals surface area contributed by atoms with E-state index in [0.717, 1.165) is 12.1 Å². The number of nitrogens with zero attached hydrogens (tertiary/aromatic N) is 3. The molecule has 4 heteroatoms. The van der Waals surface area contributed by atoms with Crippen LogP contribution in [0.2, 0.25) is 0 Å². The maximum Gasteiger partial charge on any atom is 0.0722 e. The van der Waals surface area contributed by atoms with Crippen LogP contribution in [0.4, 0.5) is 0 Å². The maximum absolute atomic E-state index is 4.66. The summed E-state index contributed by atoms with van der Waals surface area (Å²) in [6, 6.07) is 12.7. The second kappa shape index (κ2) is 5.43. The summed E-state index contributed by atoms with van der Waals surface area (Å²) >= 11 is 0. The lowest BCUT2D eigenvalue weighted by atomic mass is 10.0. The zero-order valence-corrected chi connectivity index (χ0v) is 11.7. The Labute approximate surface area is 118 Å². The Bertz CT molecular complexity index is 703. The molecule has 1 unspecified atom stereocenters. The molecule has 2 heterocycles. The lowest BCUT2D eigenvalue weighted by Crippen LogP contribution is -2.19. The average molecular weight is 266 g/mol. The van der Waals surface area contributed by atoms with Crippen LogP contribution in [0.5, 0.6) is 0 Å². The van der Waals surface area contributed by atoms with Crippen molar-refractivity contribution in [2.75, 3.05) is 7.05 Å². The molecule has 0 saturated carbocycles. The van der Waals surface area contributed by atoms with Gasteiger partial charge in [0, 0.05) is 37.3 Å². The third kappa shape index (κ3) is 2.30. The predicted octanol–water partition coefficient (Wildman–Crippen LogP) is 2.47. The zero-order chi connectivity index (χ0) is 13.9. The summed E-state index contributed by atoms with van der Waals surface area (Å²) < 4.78 is 1.95. The Hall–Kier alpha value is -2.20. The smallest absolute Gasteiger partial charge is 0.0722 e. The molecule has 3 aromatic rings. The summed E-state index contributed by atoms with van der Waals surface area (Å²) in [7, 11) is 3.98. The van der Waals surface area contributed by atoms with Crippen LogP contribution >= 0.6 is 0 Å². The fraction of sp³-hybridized carbons (Fsp3) is 0.250. The van der Waals surface area contributed by atoms with Gasteiger partial charge in [0.1, 0.15) is 0 Å². The van der Waals surface area contributed by atoms with Crippen LogP contribution in [-0.2, 0) is 13.5 Å². The van der Waals surface area contributed by atoms with E-state index in [1.54, 1.807) is 0 Å². The molecular formula is C16H18N4. The lowest BCUT2D eigenvalue weighted by Gasteiger charge is -2.15. The van der Waals surface area contributed by atoms with Gasteiger partial charge >= 0.3 is 0 Å². The van der Waals surface area contributed by atoms with Gasteiger partial charge in [-0.1, -0.05) is 18.2 Å². The SMILES string of the molecule is CNC(Cc1nn(C)c2ccccc12)c1ccncc1. The summed E-state index contributed by atoms with van der Waals surface area (Å²) in [6.07, 6.45) is 4.52. The van der Waals surface area contributed by atoms with E-state index >= 15 is 0 Å². The van der Waals surface area contributed by atoms with Crippen molar-refractivity contribution in [3.05, 3.63) is 60.0 Å². The van der Waals surface area contributed by atoms with Gasteiger partial charge in [0.25, 0.3) is 0 Å². The van der Waals surface area contributed by atoms with Crippen molar-refractivity contribution < 1.29 is 0 Å². The normalized spacial score (nSPS) is 12.7. The van der Waals surface area contributed by atoms with Crippen LogP contribution in [0.1, 0.15) is 17.3 Å². The Morgan fingerprint density at radius 1 is 1.15 bits per heavy atom. The molecule has 0 fully saturated rings. The Kier molecular flexibility index (Phi) is 3.48. The second-order valence-electron chi connectivity index (χ2n) is 4.91. The van der Waals surface area contributed by atoms with Crippen molar-refractivity contribution >= 4 is 10.9 Å². The Morgan fingerprint density at radius 3 is 2.65 bits per heavy atom. The number of pyridine rings is 1. The topological polar surface area (TPSA) is 42.7 Å². The first-order valence-corrected chi connectivity index (χ1v) is 6.77. The van der Waals surface area contributed by atoms with Crippen LogP contribution in [0.3, 0.4) is 0 Å². The monoisotopic (exact) mass is 266 g/mol. The maximum atomic E-state index is 4.66. The fourth-order valence-corrected chi connectivity index (χ4v) is 2.62. The average Bonchev–Trinajstić information content (AvgIpc) is 2.82. The molecule has 2 aromatic heterocycles. The summed E-state index contributed by atoms with van der Waals surface area (Å²) in [5.74, 6) is 0. The molecule has 20 heavy (non-hydrogen) atoms. The highest BCUT2D eigenvalue weighted by Crippen LogP contribution is 2.23. The number of benzene rings is 1. The van der Waals surface area contributed by atoms with E-state index in [2.05, 4.69) is 33.6 Å². The number of rotatable bonds is 4. The van der Waals surface area contributed by atoms with Gasteiger partial charge in [-0.2, -0.15) is 5.10 Å². The first-order chi connectivity index (χ1) is 9.79. The molecule has 0 bridgehead atoms. The number of nitrogens with one attached hydrogen (secondary N) is 1. The molecule has 4 nitrogen and oxygen atoms in total. The molecule has 0 aliphatic heterocycles. The number of hydrogen-bond donors (Lipinski definition) is 1. The van der Waals surface area contributed by atoms with Crippen molar-refractivity contribution in [3.8, 4) is 0 Å². The van der Waals surface area contributed by atoms with Gasteiger partial charge in [-0.3, -0.25) is 9.67 Å². The minimum atomic E-state index is 0.247. The van der Waals surface area contributed by atoms with E-state index in [4.69, 9.17) is 0 Å². The number of para-hydroxylation sites is 1. The standard InChI is InChI=1S/C16H18N4/c1-17-14(12-7-9-18-10-8-12)11-15-13-5-3-4-6-16(13)20(2)19-15/h3-10,14,17H,11H2,1-2H3. The van der Waals surface area contributed by atoms with Gasteiger partial charge in [0.2, 0.25) is 0 Å². The molecule has 0 spiro atoms. The molecular weight excluding hydrogens is 248 g/mol. The highest BCUT2D eigenvalue weighted by Gasteiger charge is 2.15. The van der Waals surface area contributed by atoms with Crippen LogP contribution in [0, 0.1) is 0 Å². The summed E-state index contributed by atoms with van der Waals surface area (Å²) in [5.41, 5.74) is 3.53. The summed E-state index contributed by atoms with van der Waals surface area (Å²) in [5, 5.41) is 9.25. The van der Waals surface area contributed by atoms with Gasteiger partial charge in [-0.25, -0.2) is 0 Å². The first-order valence-electron chi connectivity index (χ1n) is 6.77. The molecule has 3 rings (SSSR count). The van der Waals surface area contributed by atoms with Crippen molar-refractivity contribution in [1.29, 1.82) is 0 Å². The van der Waals surface area contributed by atoms with E-state index in [0.29, 0.717) is 0 Å². The number of fused-ring (bicyclic) bond motifs is 1. The van der Waals surface area contributed by atoms with Gasteiger partial charge in [-0.15, -0.1) is 0 Å². The molecule has 102 valence electrons. The molecule has 0 saturated heterocycles. The highest BCUT2D eigenvalue weighted by molar-refractivity contribution is 5.81. The fourth-order valence-electron chi connectivity index (χ4n) is 2.62. The van der Waals surface area contributed by atoms with Crippen LogP contribution in [0.25, 0.3) is 10.9 Å². The number of likely N-dealkylation sites (N-methyl/N-ethyl adjacent to an activating group) is 1. The third-order valence-electron chi connectivity index (χ3n) is 3.69. The summed E-state index contributed by atoms with van der Waals surface area (Å²) in [6.45, 7) is 0. The first kappa shape index (κ1) is 12.8. The van der Waals surface area contributed by atoms with E-state index in [-0.39, 0.29) is 6.04 Å². The van der Waals surface area contributed by atoms with E-state index in [1.807, 2.05) is 49.4 Å². The van der Waals surface area contributed by atoms with E-state index in [1.165, 1.54) is 16.5 Å². The predicted molar refractivity (Wildman–Crippen MR) is 80.5 cm³/mol. The molecule has 0 amide bonds. The van der Waals surface area contributed by atoms with Crippen molar-refractivity contribution in [2.45, 2.75) is 12.5 Å². The number of hydrogen-bond acceptors (Lipinski definition) is 3. The minimum absolute atomic E-state index is 0.247. The second-order valence-corrected chi connectivity index (χ2v) is 4.91. The minimum Gasteiger partial charge on any atom is -0.313 e. The van der Waals surface area contributed by atoms with Crippen LogP contribution in [0.15, 0.2) is 48.8 Å².